The molecule has 0 bridgehead atoms. The van der Waals surface area contributed by atoms with Gasteiger partial charge in [-0.05, 0) is 34.1 Å². The molecule has 0 radical (unpaired) electrons. The number of esters is 1. The van der Waals surface area contributed by atoms with E-state index in [2.05, 4.69) is 26.1 Å². The van der Waals surface area contributed by atoms with Crippen molar-refractivity contribution in [2.45, 2.75) is 18.9 Å². The smallest absolute Gasteiger partial charge is 0.356 e. The SMILES string of the molecule is O=C(OCC(=O)N1CCC(Oc2ccccc2Br)CC1)c1cc(-c2ccccc2)n[nH]1. The molecule has 8 heteroatoms. The van der Waals surface area contributed by atoms with Gasteiger partial charge in [0.15, 0.2) is 6.61 Å². The number of piperidine rings is 1. The van der Waals surface area contributed by atoms with E-state index in [4.69, 9.17) is 9.47 Å². The van der Waals surface area contributed by atoms with Crippen LogP contribution in [-0.4, -0.2) is 52.8 Å². The average molecular weight is 484 g/mol. The standard InChI is InChI=1S/C23H22BrN3O4/c24-18-8-4-5-9-21(18)31-17-10-12-27(13-11-17)22(28)15-30-23(29)20-14-19(25-26-20)16-6-2-1-3-7-16/h1-9,14,17H,10-13,15H2,(H,25,26). The molecule has 2 heterocycles. The predicted octanol–water partition coefficient (Wildman–Crippen LogP) is 4.07. The Bertz CT molecular complexity index is 1050. The summed E-state index contributed by atoms with van der Waals surface area (Å²) < 4.78 is 12.1. The molecule has 7 nitrogen and oxygen atoms in total. The van der Waals surface area contributed by atoms with E-state index >= 15 is 0 Å². The molecule has 3 aromatic rings. The molecule has 4 rings (SSSR count). The quantitative estimate of drug-likeness (QED) is 0.534. The van der Waals surface area contributed by atoms with Crippen LogP contribution in [0.5, 0.6) is 5.75 Å². The van der Waals surface area contributed by atoms with Crippen molar-refractivity contribution in [1.29, 1.82) is 0 Å². The van der Waals surface area contributed by atoms with E-state index < -0.39 is 5.97 Å². The van der Waals surface area contributed by atoms with Crippen molar-refractivity contribution in [3.8, 4) is 17.0 Å². The fraction of sp³-hybridized carbons (Fsp3) is 0.261. The number of benzene rings is 2. The van der Waals surface area contributed by atoms with E-state index in [1.54, 1.807) is 11.0 Å². The summed E-state index contributed by atoms with van der Waals surface area (Å²) >= 11 is 3.48. The van der Waals surface area contributed by atoms with Gasteiger partial charge in [0, 0.05) is 31.5 Å². The van der Waals surface area contributed by atoms with Crippen molar-refractivity contribution >= 4 is 27.8 Å². The number of nitrogens with one attached hydrogen (secondary N) is 1. The van der Waals surface area contributed by atoms with Gasteiger partial charge in [0.05, 0.1) is 10.2 Å². The highest BCUT2D eigenvalue weighted by atomic mass is 79.9. The number of aromatic nitrogens is 2. The van der Waals surface area contributed by atoms with Crippen LogP contribution in [0.2, 0.25) is 0 Å². The normalized spacial score (nSPS) is 14.3. The van der Waals surface area contributed by atoms with Gasteiger partial charge < -0.3 is 14.4 Å². The van der Waals surface area contributed by atoms with Crippen LogP contribution >= 0.6 is 15.9 Å². The van der Waals surface area contributed by atoms with Gasteiger partial charge in [0.1, 0.15) is 17.5 Å². The maximum Gasteiger partial charge on any atom is 0.356 e. The van der Waals surface area contributed by atoms with Gasteiger partial charge in [-0.3, -0.25) is 9.89 Å². The van der Waals surface area contributed by atoms with Crippen molar-refractivity contribution in [3.05, 3.63) is 70.8 Å². The summed E-state index contributed by atoms with van der Waals surface area (Å²) in [4.78, 5) is 26.4. The summed E-state index contributed by atoms with van der Waals surface area (Å²) in [6.45, 7) is 0.829. The van der Waals surface area contributed by atoms with Crippen molar-refractivity contribution in [2.75, 3.05) is 19.7 Å². The Morgan fingerprint density at radius 2 is 1.77 bits per heavy atom. The zero-order chi connectivity index (χ0) is 21.6. The second kappa shape index (κ2) is 9.78. The first-order chi connectivity index (χ1) is 15.1. The molecule has 1 N–H and O–H groups in total. The molecule has 0 aliphatic carbocycles. The molecule has 31 heavy (non-hydrogen) atoms. The molecule has 0 spiro atoms. The van der Waals surface area contributed by atoms with Gasteiger partial charge in [-0.2, -0.15) is 5.10 Å². The van der Waals surface area contributed by atoms with Gasteiger partial charge in [0.25, 0.3) is 5.91 Å². The number of nitrogens with zero attached hydrogens (tertiary/aromatic N) is 2. The molecule has 1 amide bonds. The number of carbonyl (C=O) groups is 2. The summed E-state index contributed by atoms with van der Waals surface area (Å²) in [5.41, 5.74) is 1.75. The first-order valence-electron chi connectivity index (χ1n) is 10.1. The van der Waals surface area contributed by atoms with Crippen LogP contribution in [0.15, 0.2) is 65.1 Å². The van der Waals surface area contributed by atoms with E-state index in [-0.39, 0.29) is 24.3 Å². The monoisotopic (exact) mass is 483 g/mol. The fourth-order valence-corrected chi connectivity index (χ4v) is 3.80. The minimum Gasteiger partial charge on any atom is -0.489 e. The van der Waals surface area contributed by atoms with Crippen molar-refractivity contribution in [3.63, 3.8) is 0 Å². The van der Waals surface area contributed by atoms with Crippen LogP contribution in [0.1, 0.15) is 23.3 Å². The lowest BCUT2D eigenvalue weighted by Gasteiger charge is -2.32. The minimum atomic E-state index is -0.602. The van der Waals surface area contributed by atoms with Crippen molar-refractivity contribution in [2.24, 2.45) is 0 Å². The molecule has 1 saturated heterocycles. The lowest BCUT2D eigenvalue weighted by atomic mass is 10.1. The number of likely N-dealkylation sites (tertiary alicyclic amines) is 1. The molecule has 0 saturated carbocycles. The van der Waals surface area contributed by atoms with Crippen molar-refractivity contribution < 1.29 is 19.1 Å². The lowest BCUT2D eigenvalue weighted by Crippen LogP contribution is -2.43. The second-order valence-electron chi connectivity index (χ2n) is 7.24. The molecule has 1 aliphatic heterocycles. The van der Waals surface area contributed by atoms with Crippen LogP contribution in [-0.2, 0) is 9.53 Å². The zero-order valence-electron chi connectivity index (χ0n) is 16.8. The number of rotatable bonds is 6. The van der Waals surface area contributed by atoms with Crippen LogP contribution in [0.4, 0.5) is 0 Å². The Balaban J connectivity index is 1.24. The molecule has 1 fully saturated rings. The lowest BCUT2D eigenvalue weighted by molar-refractivity contribution is -0.136. The fourth-order valence-electron chi connectivity index (χ4n) is 3.42. The Labute approximate surface area is 188 Å². The van der Waals surface area contributed by atoms with Gasteiger partial charge in [-0.25, -0.2) is 4.79 Å². The third-order valence-corrected chi connectivity index (χ3v) is 5.77. The third-order valence-electron chi connectivity index (χ3n) is 5.12. The number of hydrogen-bond donors (Lipinski definition) is 1. The van der Waals surface area contributed by atoms with E-state index in [1.807, 2.05) is 54.6 Å². The summed E-state index contributed by atoms with van der Waals surface area (Å²) in [7, 11) is 0. The average Bonchev–Trinajstić information content (AvgIpc) is 3.30. The van der Waals surface area contributed by atoms with E-state index in [9.17, 15) is 9.59 Å². The Kier molecular flexibility index (Phi) is 6.66. The molecule has 0 unspecified atom stereocenters. The summed E-state index contributed by atoms with van der Waals surface area (Å²) in [6, 6.07) is 18.8. The van der Waals surface area contributed by atoms with E-state index in [0.29, 0.717) is 18.8 Å². The number of ether oxygens (including phenoxy) is 2. The molecule has 160 valence electrons. The highest BCUT2D eigenvalue weighted by molar-refractivity contribution is 9.10. The van der Waals surface area contributed by atoms with Crippen LogP contribution in [0, 0.1) is 0 Å². The molecule has 2 aromatic carbocycles. The Morgan fingerprint density at radius 1 is 1.06 bits per heavy atom. The molecule has 1 aromatic heterocycles. The first kappa shape index (κ1) is 21.1. The van der Waals surface area contributed by atoms with Gasteiger partial charge in [-0.15, -0.1) is 0 Å². The van der Waals surface area contributed by atoms with Crippen molar-refractivity contribution in [1.82, 2.24) is 15.1 Å². The molecular formula is C23H22BrN3O4. The highest BCUT2D eigenvalue weighted by Gasteiger charge is 2.25. The van der Waals surface area contributed by atoms with Crippen LogP contribution in [0.3, 0.4) is 0 Å². The van der Waals surface area contributed by atoms with Gasteiger partial charge in [0.2, 0.25) is 0 Å². The van der Waals surface area contributed by atoms with E-state index in [1.165, 1.54) is 0 Å². The summed E-state index contributed by atoms with van der Waals surface area (Å²) in [5, 5.41) is 6.81. The topological polar surface area (TPSA) is 84.5 Å². The number of para-hydroxylation sites is 1. The van der Waals surface area contributed by atoms with Gasteiger partial charge in [-0.1, -0.05) is 42.5 Å². The number of carbonyl (C=O) groups excluding carboxylic acids is 2. The molecule has 0 atom stereocenters. The number of aromatic amines is 1. The zero-order valence-corrected chi connectivity index (χ0v) is 18.4. The number of hydrogen-bond acceptors (Lipinski definition) is 5. The third kappa shape index (κ3) is 5.32. The number of amides is 1. The summed E-state index contributed by atoms with van der Waals surface area (Å²) in [5.74, 6) is -0.0127. The first-order valence-corrected chi connectivity index (χ1v) is 10.9. The number of H-pyrrole nitrogens is 1. The Morgan fingerprint density at radius 3 is 2.52 bits per heavy atom. The minimum absolute atomic E-state index is 0.0479. The Hall–Kier alpha value is -3.13. The maximum atomic E-state index is 12.5. The maximum absolute atomic E-state index is 12.5. The summed E-state index contributed by atoms with van der Waals surface area (Å²) in [6.07, 6.45) is 1.50. The largest absolute Gasteiger partial charge is 0.489 e. The molecular weight excluding hydrogens is 462 g/mol. The highest BCUT2D eigenvalue weighted by Crippen LogP contribution is 2.27. The predicted molar refractivity (Wildman–Crippen MR) is 119 cm³/mol. The van der Waals surface area contributed by atoms with Gasteiger partial charge >= 0.3 is 5.97 Å². The number of halogens is 1. The second-order valence-corrected chi connectivity index (χ2v) is 8.09. The van der Waals surface area contributed by atoms with E-state index in [0.717, 1.165) is 28.6 Å². The van der Waals surface area contributed by atoms with Crippen LogP contribution < -0.4 is 4.74 Å². The van der Waals surface area contributed by atoms with Crippen LogP contribution in [0.25, 0.3) is 11.3 Å². The molecule has 1 aliphatic rings.